The number of amides is 1. The van der Waals surface area contributed by atoms with E-state index in [9.17, 15) is 4.79 Å². The number of carbonyl (C=O) groups is 1. The van der Waals surface area contributed by atoms with Gasteiger partial charge in [0.05, 0.1) is 17.8 Å². The number of hydrogen-bond donors (Lipinski definition) is 2. The van der Waals surface area contributed by atoms with Crippen molar-refractivity contribution in [1.29, 1.82) is 0 Å². The third-order valence-electron chi connectivity index (χ3n) is 2.44. The van der Waals surface area contributed by atoms with Crippen LogP contribution in [0, 0.1) is 0 Å². The van der Waals surface area contributed by atoms with Crippen LogP contribution in [0.5, 0.6) is 0 Å². The van der Waals surface area contributed by atoms with Gasteiger partial charge < -0.3 is 11.1 Å². The van der Waals surface area contributed by atoms with Gasteiger partial charge >= 0.3 is 0 Å². The molecule has 17 heavy (non-hydrogen) atoms. The van der Waals surface area contributed by atoms with Crippen molar-refractivity contribution >= 4 is 17.3 Å². The third-order valence-corrected chi connectivity index (χ3v) is 2.44. The Morgan fingerprint density at radius 3 is 2.35 bits per heavy atom. The van der Waals surface area contributed by atoms with Gasteiger partial charge in [0.25, 0.3) is 0 Å². The average molecular weight is 226 g/mol. The highest BCUT2D eigenvalue weighted by molar-refractivity contribution is 5.94. The van der Waals surface area contributed by atoms with E-state index in [1.165, 1.54) is 0 Å². The monoisotopic (exact) mass is 226 g/mol. The summed E-state index contributed by atoms with van der Waals surface area (Å²) in [6, 6.07) is 16.8. The van der Waals surface area contributed by atoms with Gasteiger partial charge in [-0.15, -0.1) is 0 Å². The van der Waals surface area contributed by atoms with Gasteiger partial charge in [-0.1, -0.05) is 42.5 Å². The van der Waals surface area contributed by atoms with Crippen molar-refractivity contribution in [3.63, 3.8) is 0 Å². The molecular formula is C14H14N2O. The maximum atomic E-state index is 11.8. The van der Waals surface area contributed by atoms with Gasteiger partial charge in [0.15, 0.2) is 0 Å². The first-order chi connectivity index (χ1) is 8.25. The third kappa shape index (κ3) is 3.08. The summed E-state index contributed by atoms with van der Waals surface area (Å²) in [7, 11) is 0. The maximum absolute atomic E-state index is 11.8. The van der Waals surface area contributed by atoms with Gasteiger partial charge in [-0.2, -0.15) is 0 Å². The minimum atomic E-state index is -0.0610. The summed E-state index contributed by atoms with van der Waals surface area (Å²) >= 11 is 0. The molecule has 0 fully saturated rings. The van der Waals surface area contributed by atoms with Crippen molar-refractivity contribution in [3.8, 4) is 0 Å². The normalized spacial score (nSPS) is 9.88. The van der Waals surface area contributed by atoms with E-state index in [1.54, 1.807) is 12.1 Å². The fourth-order valence-corrected chi connectivity index (χ4v) is 1.59. The minimum absolute atomic E-state index is 0.0610. The van der Waals surface area contributed by atoms with Crippen LogP contribution in [0.3, 0.4) is 0 Å². The first-order valence-electron chi connectivity index (χ1n) is 5.44. The molecule has 2 aromatic carbocycles. The minimum Gasteiger partial charge on any atom is -0.397 e. The maximum Gasteiger partial charge on any atom is 0.228 e. The summed E-state index contributed by atoms with van der Waals surface area (Å²) < 4.78 is 0. The van der Waals surface area contributed by atoms with Crippen LogP contribution >= 0.6 is 0 Å². The lowest BCUT2D eigenvalue weighted by Crippen LogP contribution is -2.15. The number of nitrogen functional groups attached to an aromatic ring is 1. The molecule has 3 heteroatoms. The van der Waals surface area contributed by atoms with E-state index in [1.807, 2.05) is 42.5 Å². The second-order valence-electron chi connectivity index (χ2n) is 3.80. The largest absolute Gasteiger partial charge is 0.397 e. The van der Waals surface area contributed by atoms with Gasteiger partial charge in [0.1, 0.15) is 0 Å². The van der Waals surface area contributed by atoms with Gasteiger partial charge in [0, 0.05) is 0 Å². The number of benzene rings is 2. The molecular weight excluding hydrogens is 212 g/mol. The summed E-state index contributed by atoms with van der Waals surface area (Å²) in [5.74, 6) is -0.0610. The van der Waals surface area contributed by atoms with Gasteiger partial charge in [0.2, 0.25) is 5.91 Å². The summed E-state index contributed by atoms with van der Waals surface area (Å²) in [6.07, 6.45) is 0.356. The number of anilines is 2. The first-order valence-corrected chi connectivity index (χ1v) is 5.44. The topological polar surface area (TPSA) is 55.1 Å². The van der Waals surface area contributed by atoms with Crippen molar-refractivity contribution in [2.24, 2.45) is 0 Å². The summed E-state index contributed by atoms with van der Waals surface area (Å²) in [6.45, 7) is 0. The van der Waals surface area contributed by atoms with Crippen LogP contribution in [0.2, 0.25) is 0 Å². The summed E-state index contributed by atoms with van der Waals surface area (Å²) in [5.41, 5.74) is 7.97. The van der Waals surface area contributed by atoms with Crippen molar-refractivity contribution < 1.29 is 4.79 Å². The highest BCUT2D eigenvalue weighted by Gasteiger charge is 2.05. The number of hydrogen-bond acceptors (Lipinski definition) is 2. The van der Waals surface area contributed by atoms with Crippen LogP contribution in [0.25, 0.3) is 0 Å². The smallest absolute Gasteiger partial charge is 0.228 e. The Morgan fingerprint density at radius 2 is 1.65 bits per heavy atom. The highest BCUT2D eigenvalue weighted by atomic mass is 16.1. The molecule has 2 aromatic rings. The van der Waals surface area contributed by atoms with E-state index in [4.69, 9.17) is 5.73 Å². The zero-order valence-corrected chi connectivity index (χ0v) is 9.39. The second-order valence-corrected chi connectivity index (χ2v) is 3.80. The summed E-state index contributed by atoms with van der Waals surface area (Å²) in [4.78, 5) is 11.8. The Bertz CT molecular complexity index is 509. The Morgan fingerprint density at radius 1 is 1.00 bits per heavy atom. The van der Waals surface area contributed by atoms with E-state index < -0.39 is 0 Å². The molecule has 0 aromatic heterocycles. The van der Waals surface area contributed by atoms with E-state index in [0.29, 0.717) is 17.8 Å². The standard InChI is InChI=1S/C14H14N2O/c15-12-8-4-5-9-13(12)16-14(17)10-11-6-2-1-3-7-11/h1-9H,10,15H2,(H,16,17). The van der Waals surface area contributed by atoms with Crippen molar-refractivity contribution in [1.82, 2.24) is 0 Å². The van der Waals surface area contributed by atoms with Crippen LogP contribution in [0.1, 0.15) is 5.56 Å². The fraction of sp³-hybridized carbons (Fsp3) is 0.0714. The predicted molar refractivity (Wildman–Crippen MR) is 69.6 cm³/mol. The number of carbonyl (C=O) groups excluding carboxylic acids is 1. The number of para-hydroxylation sites is 2. The molecule has 0 aliphatic rings. The highest BCUT2D eigenvalue weighted by Crippen LogP contribution is 2.16. The average Bonchev–Trinajstić information content (AvgIpc) is 2.33. The second kappa shape index (κ2) is 5.16. The lowest BCUT2D eigenvalue weighted by Gasteiger charge is -2.07. The molecule has 3 N–H and O–H groups in total. The van der Waals surface area contributed by atoms with Crippen molar-refractivity contribution in [3.05, 3.63) is 60.2 Å². The molecule has 0 atom stereocenters. The lowest BCUT2D eigenvalue weighted by molar-refractivity contribution is -0.115. The van der Waals surface area contributed by atoms with Crippen molar-refractivity contribution in [2.75, 3.05) is 11.1 Å². The van der Waals surface area contributed by atoms with Crippen LogP contribution in [0.15, 0.2) is 54.6 Å². The molecule has 0 heterocycles. The molecule has 3 nitrogen and oxygen atoms in total. The molecule has 0 bridgehead atoms. The predicted octanol–water partition coefficient (Wildman–Crippen LogP) is 2.45. The van der Waals surface area contributed by atoms with Gasteiger partial charge in [-0.3, -0.25) is 4.79 Å². The van der Waals surface area contributed by atoms with E-state index in [-0.39, 0.29) is 5.91 Å². The van der Waals surface area contributed by atoms with E-state index in [2.05, 4.69) is 5.32 Å². The SMILES string of the molecule is Nc1ccccc1NC(=O)Cc1ccccc1. The van der Waals surface area contributed by atoms with E-state index >= 15 is 0 Å². The molecule has 2 rings (SSSR count). The molecule has 0 saturated carbocycles. The number of rotatable bonds is 3. The molecule has 1 amide bonds. The van der Waals surface area contributed by atoms with Crippen molar-refractivity contribution in [2.45, 2.75) is 6.42 Å². The zero-order chi connectivity index (χ0) is 12.1. The zero-order valence-electron chi connectivity index (χ0n) is 9.39. The Balaban J connectivity index is 2.01. The summed E-state index contributed by atoms with van der Waals surface area (Å²) in [5, 5.41) is 2.79. The van der Waals surface area contributed by atoms with Gasteiger partial charge in [-0.05, 0) is 17.7 Å². The first kappa shape index (κ1) is 11.2. The molecule has 86 valence electrons. The Hall–Kier alpha value is -2.29. The van der Waals surface area contributed by atoms with Crippen LogP contribution < -0.4 is 11.1 Å². The Kier molecular flexibility index (Phi) is 3.40. The fourth-order valence-electron chi connectivity index (χ4n) is 1.59. The molecule has 0 radical (unpaired) electrons. The molecule has 0 spiro atoms. The molecule has 0 aliphatic heterocycles. The quantitative estimate of drug-likeness (QED) is 0.790. The van der Waals surface area contributed by atoms with E-state index in [0.717, 1.165) is 5.56 Å². The molecule has 0 aliphatic carbocycles. The van der Waals surface area contributed by atoms with Gasteiger partial charge in [-0.25, -0.2) is 0 Å². The number of nitrogens with one attached hydrogen (secondary N) is 1. The molecule has 0 saturated heterocycles. The molecule has 0 unspecified atom stereocenters. The van der Waals surface area contributed by atoms with Crippen LogP contribution in [-0.2, 0) is 11.2 Å². The van der Waals surface area contributed by atoms with Crippen LogP contribution in [0.4, 0.5) is 11.4 Å². The van der Waals surface area contributed by atoms with Crippen LogP contribution in [-0.4, -0.2) is 5.91 Å². The lowest BCUT2D eigenvalue weighted by atomic mass is 10.1. The Labute approximate surface area is 100 Å². The number of nitrogens with two attached hydrogens (primary N) is 1.